The van der Waals surface area contributed by atoms with Gasteiger partial charge in [-0.1, -0.05) is 26.2 Å². The van der Waals surface area contributed by atoms with Gasteiger partial charge in [-0.3, -0.25) is 0 Å². The number of rotatable bonds is 3. The number of alkyl halides is 3. The Morgan fingerprint density at radius 3 is 2.25 bits per heavy atom. The predicted octanol–water partition coefficient (Wildman–Crippen LogP) is 7.58. The average molecular weight is 397 g/mol. The van der Waals surface area contributed by atoms with Crippen LogP contribution in [0.1, 0.15) is 81.4 Å². The zero-order chi connectivity index (χ0) is 19.9. The molecule has 0 spiro atoms. The topological polar surface area (TPSA) is 0 Å². The van der Waals surface area contributed by atoms with Gasteiger partial charge in [-0.25, -0.2) is 4.39 Å². The fraction of sp³-hybridized carbons (Fsp3) is 0.750. The van der Waals surface area contributed by atoms with Crippen molar-refractivity contribution in [3.05, 3.63) is 34.6 Å². The zero-order valence-corrected chi connectivity index (χ0v) is 16.8. The Hall–Kier alpha value is -1.06. The van der Waals surface area contributed by atoms with Crippen LogP contribution in [0.15, 0.2) is 12.1 Å². The van der Waals surface area contributed by atoms with Gasteiger partial charge in [-0.05, 0) is 104 Å². The van der Waals surface area contributed by atoms with Crippen LogP contribution in [0.4, 0.5) is 17.6 Å². The molecule has 0 nitrogen and oxygen atoms in total. The number of hydrogen-bond acceptors (Lipinski definition) is 0. The van der Waals surface area contributed by atoms with Crippen LogP contribution in [-0.2, 0) is 19.0 Å². The van der Waals surface area contributed by atoms with E-state index >= 15 is 0 Å². The first-order valence-corrected chi connectivity index (χ1v) is 11.2. The fourth-order valence-corrected chi connectivity index (χ4v) is 6.55. The predicted molar refractivity (Wildman–Crippen MR) is 103 cm³/mol. The van der Waals surface area contributed by atoms with Crippen LogP contribution in [0, 0.1) is 35.4 Å². The summed E-state index contributed by atoms with van der Waals surface area (Å²) in [5.74, 6) is 2.74. The standard InChI is InChI=1S/C24H32F4/c1-2-3-15-4-5-17-11-18(7-6-16(17)10-15)19-8-9-20-13-22(24(26,27)28)23(25)14-21(20)12-19/h13-19H,2-12H2,1H3. The number of halogens is 4. The summed E-state index contributed by atoms with van der Waals surface area (Å²) in [6.45, 7) is 2.28. The molecular formula is C24H32F4. The van der Waals surface area contributed by atoms with E-state index in [1.54, 1.807) is 0 Å². The number of benzene rings is 1. The van der Waals surface area contributed by atoms with Gasteiger partial charge in [-0.2, -0.15) is 13.2 Å². The monoisotopic (exact) mass is 396 g/mol. The summed E-state index contributed by atoms with van der Waals surface area (Å²) in [6.07, 6.45) is 8.43. The van der Waals surface area contributed by atoms with Crippen molar-refractivity contribution in [2.45, 2.75) is 83.7 Å². The summed E-state index contributed by atoms with van der Waals surface area (Å²) >= 11 is 0. The molecule has 1 aromatic rings. The molecule has 0 aromatic heterocycles. The third kappa shape index (κ3) is 4.11. The van der Waals surface area contributed by atoms with E-state index in [1.807, 2.05) is 0 Å². The molecule has 3 aliphatic carbocycles. The zero-order valence-electron chi connectivity index (χ0n) is 16.8. The second-order valence-electron chi connectivity index (χ2n) is 9.66. The lowest BCUT2D eigenvalue weighted by Gasteiger charge is -2.45. The lowest BCUT2D eigenvalue weighted by atomic mass is 9.61. The van der Waals surface area contributed by atoms with E-state index in [9.17, 15) is 17.6 Å². The smallest absolute Gasteiger partial charge is 0.206 e. The molecule has 0 bridgehead atoms. The summed E-state index contributed by atoms with van der Waals surface area (Å²) in [5.41, 5.74) is 0.420. The molecule has 0 N–H and O–H groups in total. The van der Waals surface area contributed by atoms with Gasteiger partial charge < -0.3 is 0 Å². The third-order valence-corrected chi connectivity index (χ3v) is 7.99. The molecule has 0 amide bonds. The molecule has 0 aliphatic heterocycles. The highest BCUT2D eigenvalue weighted by Crippen LogP contribution is 2.49. The molecule has 2 saturated carbocycles. The molecule has 5 unspecified atom stereocenters. The number of fused-ring (bicyclic) bond motifs is 2. The second-order valence-corrected chi connectivity index (χ2v) is 9.66. The highest BCUT2D eigenvalue weighted by atomic mass is 19.4. The maximum absolute atomic E-state index is 14.0. The fourth-order valence-electron chi connectivity index (χ4n) is 6.55. The first-order chi connectivity index (χ1) is 13.3. The maximum atomic E-state index is 14.0. The van der Waals surface area contributed by atoms with Gasteiger partial charge in [0.25, 0.3) is 0 Å². The van der Waals surface area contributed by atoms with E-state index in [2.05, 4.69) is 6.92 Å². The molecule has 0 saturated heterocycles. The van der Waals surface area contributed by atoms with Crippen molar-refractivity contribution in [3.63, 3.8) is 0 Å². The van der Waals surface area contributed by atoms with Crippen molar-refractivity contribution >= 4 is 0 Å². The van der Waals surface area contributed by atoms with Crippen LogP contribution in [0.3, 0.4) is 0 Å². The molecule has 0 heterocycles. The highest BCUT2D eigenvalue weighted by molar-refractivity contribution is 5.36. The summed E-state index contributed by atoms with van der Waals surface area (Å²) in [7, 11) is 0. The molecule has 5 atom stereocenters. The molecule has 1 aromatic carbocycles. The Bertz CT molecular complexity index is 693. The average Bonchev–Trinajstić information content (AvgIpc) is 2.66. The van der Waals surface area contributed by atoms with Gasteiger partial charge in [0.15, 0.2) is 0 Å². The van der Waals surface area contributed by atoms with E-state index in [1.165, 1.54) is 57.4 Å². The minimum atomic E-state index is -4.61. The minimum Gasteiger partial charge on any atom is -0.206 e. The van der Waals surface area contributed by atoms with Crippen molar-refractivity contribution in [2.75, 3.05) is 0 Å². The van der Waals surface area contributed by atoms with Gasteiger partial charge >= 0.3 is 6.18 Å². The number of hydrogen-bond donors (Lipinski definition) is 0. The lowest BCUT2D eigenvalue weighted by molar-refractivity contribution is -0.140. The van der Waals surface area contributed by atoms with E-state index < -0.39 is 17.6 Å². The third-order valence-electron chi connectivity index (χ3n) is 7.99. The van der Waals surface area contributed by atoms with Gasteiger partial charge in [-0.15, -0.1) is 0 Å². The summed E-state index contributed by atoms with van der Waals surface area (Å²) in [6, 6.07) is 2.23. The summed E-state index contributed by atoms with van der Waals surface area (Å²) in [4.78, 5) is 0. The van der Waals surface area contributed by atoms with Crippen LogP contribution in [0.2, 0.25) is 0 Å². The second kappa shape index (κ2) is 7.99. The Morgan fingerprint density at radius 2 is 1.54 bits per heavy atom. The summed E-state index contributed by atoms with van der Waals surface area (Å²) < 4.78 is 53.0. The normalized spacial score (nSPS) is 33.2. The quantitative estimate of drug-likeness (QED) is 0.462. The highest BCUT2D eigenvalue weighted by Gasteiger charge is 2.39. The lowest BCUT2D eigenvalue weighted by Crippen LogP contribution is -2.35. The van der Waals surface area contributed by atoms with Crippen LogP contribution in [0.5, 0.6) is 0 Å². The Balaban J connectivity index is 1.41. The van der Waals surface area contributed by atoms with Crippen molar-refractivity contribution in [1.82, 2.24) is 0 Å². The molecular weight excluding hydrogens is 364 g/mol. The Labute approximate surface area is 166 Å². The number of aryl methyl sites for hydroxylation is 1. The van der Waals surface area contributed by atoms with E-state index in [4.69, 9.17) is 0 Å². The molecule has 4 rings (SSSR count). The van der Waals surface area contributed by atoms with Crippen molar-refractivity contribution in [2.24, 2.45) is 29.6 Å². The van der Waals surface area contributed by atoms with Crippen LogP contribution in [0.25, 0.3) is 0 Å². The Morgan fingerprint density at radius 1 is 0.857 bits per heavy atom. The van der Waals surface area contributed by atoms with E-state index in [0.717, 1.165) is 42.2 Å². The maximum Gasteiger partial charge on any atom is 0.419 e. The first-order valence-electron chi connectivity index (χ1n) is 11.2. The van der Waals surface area contributed by atoms with Crippen molar-refractivity contribution in [3.8, 4) is 0 Å². The minimum absolute atomic E-state index is 0.512. The van der Waals surface area contributed by atoms with Crippen molar-refractivity contribution < 1.29 is 17.6 Å². The van der Waals surface area contributed by atoms with Crippen molar-refractivity contribution in [1.29, 1.82) is 0 Å². The van der Waals surface area contributed by atoms with Crippen LogP contribution in [-0.4, -0.2) is 0 Å². The van der Waals surface area contributed by atoms with Crippen LogP contribution >= 0.6 is 0 Å². The van der Waals surface area contributed by atoms with Crippen LogP contribution < -0.4 is 0 Å². The molecule has 0 radical (unpaired) electrons. The largest absolute Gasteiger partial charge is 0.419 e. The van der Waals surface area contributed by atoms with E-state index in [0.29, 0.717) is 23.8 Å². The van der Waals surface area contributed by atoms with Gasteiger partial charge in [0, 0.05) is 0 Å². The summed E-state index contributed by atoms with van der Waals surface area (Å²) in [5, 5.41) is 0. The van der Waals surface area contributed by atoms with Gasteiger partial charge in [0.2, 0.25) is 0 Å². The molecule has 2 fully saturated rings. The first kappa shape index (κ1) is 20.2. The molecule has 28 heavy (non-hydrogen) atoms. The molecule has 4 heteroatoms. The Kier molecular flexibility index (Phi) is 5.77. The molecule has 156 valence electrons. The SMILES string of the molecule is CCCC1CCC2CC(C3CCc4cc(C(F)(F)F)c(F)cc4C3)CCC2C1. The van der Waals surface area contributed by atoms with Gasteiger partial charge in [0.1, 0.15) is 5.82 Å². The molecule has 3 aliphatic rings. The van der Waals surface area contributed by atoms with E-state index in [-0.39, 0.29) is 0 Å². The van der Waals surface area contributed by atoms with Gasteiger partial charge in [0.05, 0.1) is 5.56 Å².